The van der Waals surface area contributed by atoms with Crippen LogP contribution in [-0.2, 0) is 30.7 Å². The van der Waals surface area contributed by atoms with Gasteiger partial charge in [0.25, 0.3) is 10.0 Å². The molecule has 1 atom stereocenters. The van der Waals surface area contributed by atoms with Crippen molar-refractivity contribution in [3.05, 3.63) is 65.9 Å². The number of alkyl carbamates (subject to hydrolysis) is 1. The minimum atomic E-state index is -3.83. The van der Waals surface area contributed by atoms with Crippen LogP contribution < -0.4 is 5.32 Å². The third-order valence-electron chi connectivity index (χ3n) is 4.80. The number of para-hydroxylation sites is 1. The van der Waals surface area contributed by atoms with E-state index in [0.717, 1.165) is 10.9 Å². The summed E-state index contributed by atoms with van der Waals surface area (Å²) in [6.07, 6.45) is 1.10. The molecule has 0 saturated carbocycles. The van der Waals surface area contributed by atoms with Crippen molar-refractivity contribution < 1.29 is 27.5 Å². The molecular weight excluding hydrogens is 420 g/mol. The average molecular weight is 445 g/mol. The van der Waals surface area contributed by atoms with Crippen molar-refractivity contribution >= 4 is 33.0 Å². The molecule has 0 aliphatic heterocycles. The number of nitrogens with zero attached hydrogens (tertiary/aromatic N) is 1. The number of rotatable bonds is 7. The number of aryl methyl sites for hydroxylation is 1. The van der Waals surface area contributed by atoms with Crippen LogP contribution in [-0.4, -0.2) is 44.2 Å². The van der Waals surface area contributed by atoms with Crippen molar-refractivity contribution in [2.75, 3.05) is 13.7 Å². The monoisotopic (exact) mass is 444 g/mol. The molecule has 0 unspecified atom stereocenters. The van der Waals surface area contributed by atoms with E-state index in [0.29, 0.717) is 11.1 Å². The second kappa shape index (κ2) is 9.22. The molecule has 2 aromatic carbocycles. The van der Waals surface area contributed by atoms with E-state index in [1.54, 1.807) is 42.6 Å². The van der Waals surface area contributed by atoms with Gasteiger partial charge >= 0.3 is 12.1 Å². The maximum Gasteiger partial charge on any atom is 0.407 e. The van der Waals surface area contributed by atoms with Crippen LogP contribution in [0.4, 0.5) is 4.79 Å². The summed E-state index contributed by atoms with van der Waals surface area (Å²) in [5, 5.41) is 3.34. The molecule has 3 rings (SSSR count). The van der Waals surface area contributed by atoms with E-state index in [-0.39, 0.29) is 17.9 Å². The summed E-state index contributed by atoms with van der Waals surface area (Å²) in [4.78, 5) is 23.1. The molecular formula is C22H24N2O6S. The third kappa shape index (κ3) is 5.05. The fourth-order valence-electron chi connectivity index (χ4n) is 3.26. The predicted molar refractivity (Wildman–Crippen MR) is 115 cm³/mol. The number of nitrogens with one attached hydrogen (secondary N) is 1. The lowest BCUT2D eigenvalue weighted by molar-refractivity contribution is -0.141. The Labute approximate surface area is 180 Å². The van der Waals surface area contributed by atoms with E-state index in [4.69, 9.17) is 4.74 Å². The van der Waals surface area contributed by atoms with E-state index in [1.165, 1.54) is 18.0 Å². The number of methoxy groups -OCH3 is 1. The molecule has 3 aromatic rings. The first-order valence-corrected chi connectivity index (χ1v) is 11.1. The number of amides is 1. The van der Waals surface area contributed by atoms with E-state index < -0.39 is 28.1 Å². The third-order valence-corrected chi connectivity index (χ3v) is 6.49. The van der Waals surface area contributed by atoms with Gasteiger partial charge in [0.15, 0.2) is 0 Å². The second-order valence-electron chi connectivity index (χ2n) is 7.12. The zero-order chi connectivity index (χ0) is 22.6. The first-order chi connectivity index (χ1) is 14.7. The van der Waals surface area contributed by atoms with Crippen LogP contribution in [0.5, 0.6) is 0 Å². The summed E-state index contributed by atoms with van der Waals surface area (Å²) in [5.74, 6) is -0.485. The first kappa shape index (κ1) is 22.4. The number of aromatic nitrogens is 1. The molecule has 0 bridgehead atoms. The molecule has 1 N–H and O–H groups in total. The molecule has 1 heterocycles. The van der Waals surface area contributed by atoms with Crippen LogP contribution in [0.3, 0.4) is 0 Å². The van der Waals surface area contributed by atoms with Crippen molar-refractivity contribution in [1.29, 1.82) is 0 Å². The lowest BCUT2D eigenvalue weighted by atomic mass is 10.1. The SMILES string of the molecule is COC(=O)N[C@H](COC(C)=O)Cc1cn(S(=O)(=O)c2ccc(C)cc2)c2ccccc12. The molecule has 0 aliphatic rings. The fourth-order valence-corrected chi connectivity index (χ4v) is 4.66. The van der Waals surface area contributed by atoms with Gasteiger partial charge < -0.3 is 14.8 Å². The standard InChI is InChI=1S/C22H24N2O6S/c1-15-8-10-19(11-9-15)31(27,28)24-13-17(20-6-4-5-7-21(20)24)12-18(14-30-16(2)25)23-22(26)29-3/h4-11,13,18H,12,14H2,1-3H3,(H,23,26)/t18-/m0/s1. The van der Waals surface area contributed by atoms with E-state index in [2.05, 4.69) is 10.1 Å². The van der Waals surface area contributed by atoms with Gasteiger partial charge in [0, 0.05) is 18.5 Å². The number of esters is 1. The van der Waals surface area contributed by atoms with Crippen molar-refractivity contribution in [2.45, 2.75) is 31.2 Å². The Balaban J connectivity index is 2.02. The topological polar surface area (TPSA) is 104 Å². The van der Waals surface area contributed by atoms with Gasteiger partial charge in [-0.05, 0) is 37.1 Å². The van der Waals surface area contributed by atoms with Crippen LogP contribution >= 0.6 is 0 Å². The van der Waals surface area contributed by atoms with E-state index in [1.807, 2.05) is 19.1 Å². The highest BCUT2D eigenvalue weighted by molar-refractivity contribution is 7.90. The second-order valence-corrected chi connectivity index (χ2v) is 8.94. The molecule has 0 spiro atoms. The number of hydrogen-bond donors (Lipinski definition) is 1. The minimum Gasteiger partial charge on any atom is -0.464 e. The highest BCUT2D eigenvalue weighted by atomic mass is 32.2. The Kier molecular flexibility index (Phi) is 6.65. The number of hydrogen-bond acceptors (Lipinski definition) is 6. The Morgan fingerprint density at radius 1 is 1.10 bits per heavy atom. The highest BCUT2D eigenvalue weighted by Gasteiger charge is 2.23. The largest absolute Gasteiger partial charge is 0.464 e. The summed E-state index contributed by atoms with van der Waals surface area (Å²) in [7, 11) is -2.60. The van der Waals surface area contributed by atoms with Crippen molar-refractivity contribution in [3.63, 3.8) is 0 Å². The number of carbonyl (C=O) groups is 2. The van der Waals surface area contributed by atoms with Gasteiger partial charge in [0.1, 0.15) is 6.61 Å². The molecule has 0 aliphatic carbocycles. The minimum absolute atomic E-state index is 0.0747. The van der Waals surface area contributed by atoms with Crippen LogP contribution in [0.2, 0.25) is 0 Å². The Morgan fingerprint density at radius 3 is 2.42 bits per heavy atom. The van der Waals surface area contributed by atoms with Crippen LogP contribution in [0, 0.1) is 6.92 Å². The van der Waals surface area contributed by atoms with Gasteiger partial charge in [-0.3, -0.25) is 4.79 Å². The van der Waals surface area contributed by atoms with Gasteiger partial charge in [0.05, 0.1) is 23.6 Å². The van der Waals surface area contributed by atoms with Gasteiger partial charge in [-0.2, -0.15) is 0 Å². The van der Waals surface area contributed by atoms with Crippen molar-refractivity contribution in [2.24, 2.45) is 0 Å². The van der Waals surface area contributed by atoms with Crippen LogP contribution in [0.25, 0.3) is 10.9 Å². The lowest BCUT2D eigenvalue weighted by Crippen LogP contribution is -2.40. The Hall–Kier alpha value is -3.33. The van der Waals surface area contributed by atoms with Crippen molar-refractivity contribution in [3.8, 4) is 0 Å². The normalized spacial score (nSPS) is 12.4. The molecule has 1 amide bonds. The highest BCUT2D eigenvalue weighted by Crippen LogP contribution is 2.27. The lowest BCUT2D eigenvalue weighted by Gasteiger charge is -2.17. The summed E-state index contributed by atoms with van der Waals surface area (Å²) in [6, 6.07) is 13.1. The summed E-state index contributed by atoms with van der Waals surface area (Å²) >= 11 is 0. The fraction of sp³-hybridized carbons (Fsp3) is 0.273. The number of fused-ring (bicyclic) bond motifs is 1. The molecule has 0 fully saturated rings. The Morgan fingerprint density at radius 2 is 1.77 bits per heavy atom. The van der Waals surface area contributed by atoms with E-state index in [9.17, 15) is 18.0 Å². The summed E-state index contributed by atoms with van der Waals surface area (Å²) in [6.45, 7) is 3.08. The molecule has 8 nitrogen and oxygen atoms in total. The smallest absolute Gasteiger partial charge is 0.407 e. The van der Waals surface area contributed by atoms with Gasteiger partial charge in [-0.25, -0.2) is 17.2 Å². The van der Waals surface area contributed by atoms with Gasteiger partial charge in [0.2, 0.25) is 0 Å². The molecule has 31 heavy (non-hydrogen) atoms. The number of carbonyl (C=O) groups excluding carboxylic acids is 2. The van der Waals surface area contributed by atoms with Crippen molar-refractivity contribution in [1.82, 2.24) is 9.29 Å². The molecule has 0 radical (unpaired) electrons. The number of ether oxygens (including phenoxy) is 2. The number of benzene rings is 2. The van der Waals surface area contributed by atoms with E-state index >= 15 is 0 Å². The average Bonchev–Trinajstić information content (AvgIpc) is 3.11. The molecule has 1 aromatic heterocycles. The van der Waals surface area contributed by atoms with Gasteiger partial charge in [-0.15, -0.1) is 0 Å². The quantitative estimate of drug-likeness (QED) is 0.562. The maximum absolute atomic E-state index is 13.3. The summed E-state index contributed by atoms with van der Waals surface area (Å²) < 4.78 is 37.5. The first-order valence-electron chi connectivity index (χ1n) is 9.61. The maximum atomic E-state index is 13.3. The van der Waals surface area contributed by atoms with Crippen LogP contribution in [0.15, 0.2) is 59.6 Å². The predicted octanol–water partition coefficient (Wildman–Crippen LogP) is 3.02. The molecule has 9 heteroatoms. The Bertz CT molecular complexity index is 1200. The zero-order valence-electron chi connectivity index (χ0n) is 17.5. The molecule has 164 valence electrons. The van der Waals surface area contributed by atoms with Gasteiger partial charge in [-0.1, -0.05) is 35.9 Å². The van der Waals surface area contributed by atoms with Crippen LogP contribution in [0.1, 0.15) is 18.1 Å². The molecule has 0 saturated heterocycles. The summed E-state index contributed by atoms with van der Waals surface area (Å²) in [5.41, 5.74) is 2.15. The zero-order valence-corrected chi connectivity index (χ0v) is 18.3.